The molecule has 0 bridgehead atoms. The van der Waals surface area contributed by atoms with Crippen LogP contribution in [-0.2, 0) is 4.74 Å². The Balaban J connectivity index is 2.14. The second-order valence-corrected chi connectivity index (χ2v) is 4.67. The van der Waals surface area contributed by atoms with E-state index in [-0.39, 0.29) is 0 Å². The Morgan fingerprint density at radius 3 is 2.94 bits per heavy atom. The van der Waals surface area contributed by atoms with E-state index in [1.807, 2.05) is 0 Å². The number of hydrogen-bond acceptors (Lipinski definition) is 6. The molecule has 0 aliphatic heterocycles. The number of hydrazine groups is 1. The third kappa shape index (κ3) is 3.08. The zero-order valence-corrected chi connectivity index (χ0v) is 11.0. The zero-order chi connectivity index (χ0) is 13.0. The minimum atomic E-state index is 0.461. The van der Waals surface area contributed by atoms with Gasteiger partial charge in [-0.05, 0) is 25.7 Å². The number of hydrogen-bond donors (Lipinski definition) is 2. The fourth-order valence-electron chi connectivity index (χ4n) is 2.11. The van der Waals surface area contributed by atoms with Crippen LogP contribution in [0.25, 0.3) is 0 Å². The highest BCUT2D eigenvalue weighted by molar-refractivity contribution is 5.44. The summed E-state index contributed by atoms with van der Waals surface area (Å²) in [6, 6.07) is 0.461. The number of methoxy groups -OCH3 is 1. The van der Waals surface area contributed by atoms with Crippen molar-refractivity contribution in [2.75, 3.05) is 30.6 Å². The van der Waals surface area contributed by atoms with Gasteiger partial charge < -0.3 is 15.1 Å². The first-order valence-corrected chi connectivity index (χ1v) is 6.30. The van der Waals surface area contributed by atoms with Crippen LogP contribution < -0.4 is 16.2 Å². The topological polar surface area (TPSA) is 76.3 Å². The van der Waals surface area contributed by atoms with Crippen molar-refractivity contribution >= 4 is 11.6 Å². The van der Waals surface area contributed by atoms with Gasteiger partial charge in [-0.15, -0.1) is 0 Å². The van der Waals surface area contributed by atoms with Gasteiger partial charge in [-0.2, -0.15) is 0 Å². The molecule has 3 N–H and O–H groups in total. The first kappa shape index (κ1) is 13.0. The Hall–Kier alpha value is -1.40. The molecule has 18 heavy (non-hydrogen) atoms. The van der Waals surface area contributed by atoms with E-state index in [0.717, 1.165) is 18.3 Å². The summed E-state index contributed by atoms with van der Waals surface area (Å²) in [5.41, 5.74) is 2.53. The van der Waals surface area contributed by atoms with Crippen molar-refractivity contribution in [3.8, 4) is 0 Å². The summed E-state index contributed by atoms with van der Waals surface area (Å²) in [6.45, 7) is 3.73. The Kier molecular flexibility index (Phi) is 4.33. The summed E-state index contributed by atoms with van der Waals surface area (Å²) in [4.78, 5) is 10.9. The normalized spacial score (nSPS) is 16.4. The molecule has 6 heteroatoms. The van der Waals surface area contributed by atoms with Gasteiger partial charge in [0.15, 0.2) is 5.82 Å². The molecule has 0 aromatic carbocycles. The minimum absolute atomic E-state index is 0.461. The van der Waals surface area contributed by atoms with E-state index < -0.39 is 0 Å². The highest BCUT2D eigenvalue weighted by atomic mass is 16.5. The molecule has 6 nitrogen and oxygen atoms in total. The molecule has 1 unspecified atom stereocenters. The second-order valence-electron chi connectivity index (χ2n) is 4.67. The molecule has 100 valence electrons. The van der Waals surface area contributed by atoms with Crippen molar-refractivity contribution in [2.24, 2.45) is 11.8 Å². The van der Waals surface area contributed by atoms with Gasteiger partial charge in [-0.25, -0.2) is 10.8 Å². The van der Waals surface area contributed by atoms with Crippen LogP contribution in [0.1, 0.15) is 19.8 Å². The summed E-state index contributed by atoms with van der Waals surface area (Å²) in [6.07, 6.45) is 5.98. The Morgan fingerprint density at radius 2 is 2.33 bits per heavy atom. The van der Waals surface area contributed by atoms with Crippen molar-refractivity contribution in [2.45, 2.75) is 25.8 Å². The van der Waals surface area contributed by atoms with E-state index in [1.54, 1.807) is 19.5 Å². The van der Waals surface area contributed by atoms with Gasteiger partial charge in [0.25, 0.3) is 0 Å². The fourth-order valence-corrected chi connectivity index (χ4v) is 2.11. The van der Waals surface area contributed by atoms with Gasteiger partial charge in [-0.1, -0.05) is 0 Å². The average molecular weight is 251 g/mol. The van der Waals surface area contributed by atoms with E-state index in [1.165, 1.54) is 12.8 Å². The molecule has 0 saturated heterocycles. The van der Waals surface area contributed by atoms with Crippen LogP contribution in [0.2, 0.25) is 0 Å². The molecule has 1 aliphatic rings. The standard InChI is InChI=1S/C12H21N5O/c1-9(10-3-4-10)17(5-6-18-2)12-8-14-7-11(15-12)16-13/h7-10H,3-6,13H2,1-2H3,(H,15,16). The number of aromatic nitrogens is 2. The van der Waals surface area contributed by atoms with E-state index in [9.17, 15) is 0 Å². The van der Waals surface area contributed by atoms with Crippen molar-refractivity contribution in [3.05, 3.63) is 12.4 Å². The highest BCUT2D eigenvalue weighted by Gasteiger charge is 2.32. The van der Waals surface area contributed by atoms with Crippen molar-refractivity contribution < 1.29 is 4.74 Å². The van der Waals surface area contributed by atoms with Gasteiger partial charge in [0.2, 0.25) is 0 Å². The Labute approximate surface area is 108 Å². The lowest BCUT2D eigenvalue weighted by molar-refractivity contribution is 0.202. The van der Waals surface area contributed by atoms with Crippen LogP contribution in [0.15, 0.2) is 12.4 Å². The smallest absolute Gasteiger partial charge is 0.160 e. The van der Waals surface area contributed by atoms with Crippen LogP contribution in [0.4, 0.5) is 11.6 Å². The molecule has 1 aromatic heterocycles. The minimum Gasteiger partial charge on any atom is -0.383 e. The van der Waals surface area contributed by atoms with Crippen LogP contribution in [0.5, 0.6) is 0 Å². The maximum absolute atomic E-state index is 5.37. The molecule has 1 aromatic rings. The number of nitrogens with one attached hydrogen (secondary N) is 1. The van der Waals surface area contributed by atoms with Crippen molar-refractivity contribution in [1.82, 2.24) is 9.97 Å². The monoisotopic (exact) mass is 251 g/mol. The van der Waals surface area contributed by atoms with E-state index in [4.69, 9.17) is 10.6 Å². The first-order valence-electron chi connectivity index (χ1n) is 6.30. The molecule has 0 spiro atoms. The molecule has 1 fully saturated rings. The molecule has 1 saturated carbocycles. The molecular formula is C12H21N5O. The molecule has 1 atom stereocenters. The number of rotatable bonds is 7. The van der Waals surface area contributed by atoms with Gasteiger partial charge in [0.1, 0.15) is 5.82 Å². The van der Waals surface area contributed by atoms with Gasteiger partial charge in [0.05, 0.1) is 19.0 Å². The quantitative estimate of drug-likeness (QED) is 0.556. The van der Waals surface area contributed by atoms with Crippen molar-refractivity contribution in [1.29, 1.82) is 0 Å². The molecule has 0 radical (unpaired) electrons. The van der Waals surface area contributed by atoms with E-state index in [2.05, 4.69) is 27.2 Å². The number of ether oxygens (including phenoxy) is 1. The lowest BCUT2D eigenvalue weighted by Gasteiger charge is -2.30. The van der Waals surface area contributed by atoms with E-state index >= 15 is 0 Å². The third-order valence-electron chi connectivity index (χ3n) is 3.40. The van der Waals surface area contributed by atoms with Crippen LogP contribution in [-0.4, -0.2) is 36.3 Å². The second kappa shape index (κ2) is 5.97. The third-order valence-corrected chi connectivity index (χ3v) is 3.40. The molecule has 1 heterocycles. The molecule has 2 rings (SSSR count). The van der Waals surface area contributed by atoms with Crippen LogP contribution in [0.3, 0.4) is 0 Å². The van der Waals surface area contributed by atoms with Gasteiger partial charge >= 0.3 is 0 Å². The zero-order valence-electron chi connectivity index (χ0n) is 11.0. The number of nitrogen functional groups attached to an aromatic ring is 1. The summed E-state index contributed by atoms with van der Waals surface area (Å²) < 4.78 is 5.17. The number of anilines is 2. The lowest BCUT2D eigenvalue weighted by atomic mass is 10.2. The molecule has 0 amide bonds. The summed E-state index contributed by atoms with van der Waals surface area (Å²) in [7, 11) is 1.71. The fraction of sp³-hybridized carbons (Fsp3) is 0.667. The highest BCUT2D eigenvalue weighted by Crippen LogP contribution is 2.36. The van der Waals surface area contributed by atoms with Crippen LogP contribution >= 0.6 is 0 Å². The summed E-state index contributed by atoms with van der Waals surface area (Å²) in [5, 5.41) is 0. The van der Waals surface area contributed by atoms with Crippen molar-refractivity contribution in [3.63, 3.8) is 0 Å². The summed E-state index contributed by atoms with van der Waals surface area (Å²) in [5.74, 6) is 7.56. The maximum Gasteiger partial charge on any atom is 0.160 e. The lowest BCUT2D eigenvalue weighted by Crippen LogP contribution is -2.38. The largest absolute Gasteiger partial charge is 0.383 e. The Bertz CT molecular complexity index is 382. The average Bonchev–Trinajstić information content (AvgIpc) is 3.23. The maximum atomic E-state index is 5.37. The van der Waals surface area contributed by atoms with Gasteiger partial charge in [-0.3, -0.25) is 4.98 Å². The van der Waals surface area contributed by atoms with Gasteiger partial charge in [0, 0.05) is 19.7 Å². The Morgan fingerprint density at radius 1 is 1.56 bits per heavy atom. The molecule has 1 aliphatic carbocycles. The SMILES string of the molecule is COCCN(c1cncc(NN)n1)C(C)C1CC1. The predicted molar refractivity (Wildman–Crippen MR) is 71.3 cm³/mol. The van der Waals surface area contributed by atoms with E-state index in [0.29, 0.717) is 18.5 Å². The first-order chi connectivity index (χ1) is 8.76. The summed E-state index contributed by atoms with van der Waals surface area (Å²) >= 11 is 0. The predicted octanol–water partition coefficient (Wildman–Crippen LogP) is 1.01. The van der Waals surface area contributed by atoms with Crippen LogP contribution in [0, 0.1) is 5.92 Å². The number of nitrogens with zero attached hydrogens (tertiary/aromatic N) is 3. The number of nitrogens with two attached hydrogens (primary N) is 1. The molecular weight excluding hydrogens is 230 g/mol.